The largest absolute Gasteiger partial charge is 0.477 e. The van der Waals surface area contributed by atoms with Crippen molar-refractivity contribution in [2.75, 3.05) is 62.4 Å². The van der Waals surface area contributed by atoms with Gasteiger partial charge in [-0.1, -0.05) is 0 Å². The number of rotatable bonds is 2. The standard InChI is InChI=1S/C19H21FN4O3S.ClH/c1-21-3-5-23(6-4-21)15-12(20)7-11-14-16(15)22(2)8-10-9-28-18(24(10)14)13(17(11)25)19(26)27;/h7,10H,3-6,8-9H2,1-2H3,(H,26,27);1H. The Bertz CT molecular complexity index is 1080. The van der Waals surface area contributed by atoms with Crippen molar-refractivity contribution < 1.29 is 14.3 Å². The van der Waals surface area contributed by atoms with Gasteiger partial charge in [0.1, 0.15) is 11.4 Å². The number of aromatic nitrogens is 1. The van der Waals surface area contributed by atoms with Crippen molar-refractivity contribution in [3.63, 3.8) is 0 Å². The van der Waals surface area contributed by atoms with Gasteiger partial charge in [-0.25, -0.2) is 9.18 Å². The molecule has 1 aromatic carbocycles. The van der Waals surface area contributed by atoms with Crippen molar-refractivity contribution in [2.45, 2.75) is 11.1 Å². The molecule has 0 saturated carbocycles. The summed E-state index contributed by atoms with van der Waals surface area (Å²) < 4.78 is 17.3. The van der Waals surface area contributed by atoms with Gasteiger partial charge in [-0.15, -0.1) is 24.2 Å². The van der Waals surface area contributed by atoms with Gasteiger partial charge >= 0.3 is 5.97 Å². The van der Waals surface area contributed by atoms with Crippen LogP contribution in [0.5, 0.6) is 0 Å². The molecule has 1 fully saturated rings. The summed E-state index contributed by atoms with van der Waals surface area (Å²) in [5.41, 5.74) is 1.07. The molecule has 1 N–H and O–H groups in total. The third-order valence-electron chi connectivity index (χ3n) is 6.02. The van der Waals surface area contributed by atoms with Crippen LogP contribution in [-0.4, -0.2) is 73.1 Å². The van der Waals surface area contributed by atoms with E-state index >= 15 is 4.39 Å². The number of piperazine rings is 1. The summed E-state index contributed by atoms with van der Waals surface area (Å²) >= 11 is 1.41. The zero-order valence-corrected chi connectivity index (χ0v) is 17.8. The first-order chi connectivity index (χ1) is 13.4. The zero-order valence-electron chi connectivity index (χ0n) is 16.1. The molecule has 3 aliphatic heterocycles. The topological polar surface area (TPSA) is 69.0 Å². The number of benzene rings is 1. The Morgan fingerprint density at radius 3 is 2.55 bits per heavy atom. The highest BCUT2D eigenvalue weighted by molar-refractivity contribution is 7.99. The molecule has 29 heavy (non-hydrogen) atoms. The van der Waals surface area contributed by atoms with Gasteiger partial charge in [0.25, 0.3) is 0 Å². The quantitative estimate of drug-likeness (QED) is 0.767. The maximum atomic E-state index is 15.3. The lowest BCUT2D eigenvalue weighted by molar-refractivity contribution is 0.0690. The van der Waals surface area contributed by atoms with E-state index in [1.807, 2.05) is 28.5 Å². The van der Waals surface area contributed by atoms with Crippen LogP contribution in [0.1, 0.15) is 16.4 Å². The zero-order chi connectivity index (χ0) is 19.7. The van der Waals surface area contributed by atoms with E-state index in [-0.39, 0.29) is 29.4 Å². The van der Waals surface area contributed by atoms with E-state index in [0.29, 0.717) is 47.3 Å². The molecule has 156 valence electrons. The number of aromatic carboxylic acids is 1. The van der Waals surface area contributed by atoms with Crippen molar-refractivity contribution in [3.8, 4) is 0 Å². The Balaban J connectivity index is 0.00000205. The molecule has 0 spiro atoms. The van der Waals surface area contributed by atoms with Crippen LogP contribution >= 0.6 is 24.2 Å². The smallest absolute Gasteiger partial charge is 0.342 e. The minimum absolute atomic E-state index is 0. The maximum Gasteiger partial charge on any atom is 0.342 e. The lowest BCUT2D eigenvalue weighted by Crippen LogP contribution is -2.46. The number of anilines is 2. The van der Waals surface area contributed by atoms with Gasteiger partial charge in [0.2, 0.25) is 5.43 Å². The van der Waals surface area contributed by atoms with Crippen LogP contribution in [0.3, 0.4) is 0 Å². The Hall–Kier alpha value is -1.97. The van der Waals surface area contributed by atoms with E-state index in [1.54, 1.807) is 0 Å². The van der Waals surface area contributed by atoms with E-state index < -0.39 is 17.2 Å². The fraction of sp³-hybridized carbons (Fsp3) is 0.474. The molecule has 1 saturated heterocycles. The van der Waals surface area contributed by atoms with Crippen LogP contribution < -0.4 is 15.2 Å². The van der Waals surface area contributed by atoms with E-state index in [1.165, 1.54) is 17.8 Å². The molecule has 0 radical (unpaired) electrons. The number of carbonyl (C=O) groups is 1. The van der Waals surface area contributed by atoms with Gasteiger partial charge in [-0.05, 0) is 13.1 Å². The molecule has 2 aromatic rings. The van der Waals surface area contributed by atoms with Gasteiger partial charge in [-0.3, -0.25) is 4.79 Å². The second-order valence-electron chi connectivity index (χ2n) is 7.77. The molecule has 4 heterocycles. The SMILES string of the molecule is CN1CCN(c2c(F)cc3c(=O)c(C(=O)O)c4n5c3c2N(C)CC5CS4)CC1.Cl. The van der Waals surface area contributed by atoms with Crippen LogP contribution in [0.4, 0.5) is 15.8 Å². The first-order valence-corrected chi connectivity index (χ1v) is 10.3. The van der Waals surface area contributed by atoms with Gasteiger partial charge in [0.15, 0.2) is 0 Å². The minimum Gasteiger partial charge on any atom is -0.477 e. The summed E-state index contributed by atoms with van der Waals surface area (Å²) in [5.74, 6) is -0.996. The summed E-state index contributed by atoms with van der Waals surface area (Å²) in [6, 6.07) is 1.32. The number of nitrogens with zero attached hydrogens (tertiary/aromatic N) is 4. The highest BCUT2D eigenvalue weighted by Gasteiger charge is 2.38. The molecule has 1 unspecified atom stereocenters. The first kappa shape index (κ1) is 20.3. The highest BCUT2D eigenvalue weighted by atomic mass is 35.5. The minimum atomic E-state index is -1.25. The van der Waals surface area contributed by atoms with Crippen LogP contribution in [-0.2, 0) is 0 Å². The number of thioether (sulfide) groups is 1. The number of carboxylic acids is 1. The van der Waals surface area contributed by atoms with E-state index in [4.69, 9.17) is 0 Å². The number of hydrogen-bond donors (Lipinski definition) is 1. The molecule has 0 aliphatic carbocycles. The summed E-state index contributed by atoms with van der Waals surface area (Å²) in [6.45, 7) is 3.77. The van der Waals surface area contributed by atoms with Gasteiger partial charge in [0, 0.05) is 45.5 Å². The molecule has 1 atom stereocenters. The normalized spacial score (nSPS) is 20.9. The molecule has 1 aromatic heterocycles. The van der Waals surface area contributed by atoms with Crippen LogP contribution in [0.15, 0.2) is 15.9 Å². The number of pyridine rings is 1. The number of halogens is 2. The Kier molecular flexibility index (Phi) is 4.95. The predicted molar refractivity (Wildman–Crippen MR) is 115 cm³/mol. The van der Waals surface area contributed by atoms with Crippen molar-refractivity contribution in [1.82, 2.24) is 9.47 Å². The monoisotopic (exact) mass is 440 g/mol. The second kappa shape index (κ2) is 7.07. The molecular formula is C19H22ClFN4O3S. The lowest BCUT2D eigenvalue weighted by atomic mass is 10.0. The van der Waals surface area contributed by atoms with Crippen molar-refractivity contribution in [1.29, 1.82) is 0 Å². The lowest BCUT2D eigenvalue weighted by Gasteiger charge is -2.40. The second-order valence-corrected chi connectivity index (χ2v) is 8.78. The van der Waals surface area contributed by atoms with Crippen LogP contribution in [0.25, 0.3) is 10.9 Å². The fourth-order valence-electron chi connectivity index (χ4n) is 4.65. The summed E-state index contributed by atoms with van der Waals surface area (Å²) in [7, 11) is 3.97. The van der Waals surface area contributed by atoms with Crippen LogP contribution in [0.2, 0.25) is 0 Å². The van der Waals surface area contributed by atoms with E-state index in [0.717, 1.165) is 13.1 Å². The Morgan fingerprint density at radius 2 is 1.90 bits per heavy atom. The molecule has 10 heteroatoms. The van der Waals surface area contributed by atoms with Gasteiger partial charge in [-0.2, -0.15) is 0 Å². The summed E-state index contributed by atoms with van der Waals surface area (Å²) in [5, 5.41) is 10.3. The van der Waals surface area contributed by atoms with Gasteiger partial charge < -0.3 is 24.4 Å². The molecule has 3 aliphatic rings. The molecule has 7 nitrogen and oxygen atoms in total. The molecule has 0 bridgehead atoms. The Morgan fingerprint density at radius 1 is 1.21 bits per heavy atom. The summed E-state index contributed by atoms with van der Waals surface area (Å²) in [6.07, 6.45) is 0. The van der Waals surface area contributed by atoms with Crippen LogP contribution in [0, 0.1) is 5.82 Å². The van der Waals surface area contributed by atoms with Crippen molar-refractivity contribution in [3.05, 3.63) is 27.7 Å². The average Bonchev–Trinajstić information content (AvgIpc) is 3.05. The first-order valence-electron chi connectivity index (χ1n) is 9.34. The maximum absolute atomic E-state index is 15.3. The number of likely N-dealkylation sites (N-methyl/N-ethyl adjacent to an activating group) is 2. The third kappa shape index (κ3) is 2.82. The summed E-state index contributed by atoms with van der Waals surface area (Å²) in [4.78, 5) is 31.1. The molecular weight excluding hydrogens is 419 g/mol. The molecule has 5 rings (SSSR count). The van der Waals surface area contributed by atoms with Crippen molar-refractivity contribution >= 4 is 52.4 Å². The third-order valence-corrected chi connectivity index (χ3v) is 7.25. The fourth-order valence-corrected chi connectivity index (χ4v) is 5.96. The van der Waals surface area contributed by atoms with E-state index in [9.17, 15) is 14.7 Å². The number of carboxylic acid groups (broad SMARTS) is 1. The highest BCUT2D eigenvalue weighted by Crippen LogP contribution is 2.48. The number of hydrogen-bond acceptors (Lipinski definition) is 6. The molecule has 0 amide bonds. The Labute approximate surface area is 177 Å². The predicted octanol–water partition coefficient (Wildman–Crippen LogP) is 2.11. The van der Waals surface area contributed by atoms with E-state index in [2.05, 4.69) is 4.90 Å². The average molecular weight is 441 g/mol. The van der Waals surface area contributed by atoms with Gasteiger partial charge in [0.05, 0.1) is 33.3 Å². The van der Waals surface area contributed by atoms with Crippen molar-refractivity contribution in [2.24, 2.45) is 0 Å².